The lowest BCUT2D eigenvalue weighted by Crippen LogP contribution is -2.50. The second-order valence-corrected chi connectivity index (χ2v) is 7.15. The first-order valence-electron chi connectivity index (χ1n) is 7.26. The number of piperazine rings is 1. The van der Waals surface area contributed by atoms with Crippen molar-refractivity contribution in [3.63, 3.8) is 0 Å². The minimum absolute atomic E-state index is 0.0808. The minimum Gasteiger partial charge on any atom is -0.389 e. The average molecular weight is 355 g/mol. The van der Waals surface area contributed by atoms with E-state index in [2.05, 4.69) is 25.7 Å². The van der Waals surface area contributed by atoms with Crippen LogP contribution in [0.15, 0.2) is 22.7 Å². The molecule has 0 saturated carbocycles. The topological polar surface area (TPSA) is 43.8 Å². The van der Waals surface area contributed by atoms with Gasteiger partial charge in [-0.2, -0.15) is 0 Å². The first-order chi connectivity index (χ1) is 9.76. The van der Waals surface area contributed by atoms with Crippen molar-refractivity contribution in [1.82, 2.24) is 4.90 Å². The van der Waals surface area contributed by atoms with Crippen molar-refractivity contribution in [2.45, 2.75) is 26.4 Å². The van der Waals surface area contributed by atoms with E-state index in [0.717, 1.165) is 41.9 Å². The van der Waals surface area contributed by atoms with E-state index in [1.54, 1.807) is 6.92 Å². The number of hydrogen-bond donors (Lipinski definition) is 1. The summed E-state index contributed by atoms with van der Waals surface area (Å²) in [7, 11) is 0. The van der Waals surface area contributed by atoms with Gasteiger partial charge >= 0.3 is 0 Å². The first-order valence-corrected chi connectivity index (χ1v) is 8.06. The number of nitrogens with zero attached hydrogens (tertiary/aromatic N) is 2. The number of halogens is 1. The van der Waals surface area contributed by atoms with Crippen LogP contribution in [-0.4, -0.2) is 54.1 Å². The molecule has 0 aliphatic carbocycles. The Morgan fingerprint density at radius 2 is 1.90 bits per heavy atom. The van der Waals surface area contributed by atoms with Crippen molar-refractivity contribution in [2.24, 2.45) is 0 Å². The number of rotatable bonds is 4. The van der Waals surface area contributed by atoms with Gasteiger partial charge in [0.1, 0.15) is 0 Å². The molecule has 1 saturated heterocycles. The number of hydrogen-bond acceptors (Lipinski definition) is 4. The highest BCUT2D eigenvalue weighted by atomic mass is 79.9. The van der Waals surface area contributed by atoms with E-state index in [1.807, 2.05) is 32.0 Å². The maximum absolute atomic E-state index is 11.4. The Bertz CT molecular complexity index is 517. The van der Waals surface area contributed by atoms with Crippen molar-refractivity contribution < 1.29 is 9.90 Å². The highest BCUT2D eigenvalue weighted by Crippen LogP contribution is 2.28. The third-order valence-corrected chi connectivity index (χ3v) is 4.31. The summed E-state index contributed by atoms with van der Waals surface area (Å²) in [5, 5.41) is 9.88. The summed E-state index contributed by atoms with van der Waals surface area (Å²) in [5.74, 6) is 0.0808. The van der Waals surface area contributed by atoms with Gasteiger partial charge in [0.2, 0.25) is 0 Å². The molecule has 2 rings (SSSR count). The van der Waals surface area contributed by atoms with Crippen molar-refractivity contribution in [3.05, 3.63) is 28.2 Å². The molecule has 0 spiro atoms. The molecule has 0 unspecified atom stereocenters. The van der Waals surface area contributed by atoms with Crippen molar-refractivity contribution in [3.8, 4) is 0 Å². The van der Waals surface area contributed by atoms with E-state index in [-0.39, 0.29) is 5.78 Å². The number of aliphatic hydroxyl groups is 1. The van der Waals surface area contributed by atoms with Crippen LogP contribution in [0.4, 0.5) is 5.69 Å². The third-order valence-electron chi connectivity index (χ3n) is 3.68. The molecule has 0 bridgehead atoms. The molecule has 116 valence electrons. The zero-order valence-corrected chi connectivity index (χ0v) is 14.5. The summed E-state index contributed by atoms with van der Waals surface area (Å²) in [4.78, 5) is 16.0. The van der Waals surface area contributed by atoms with Gasteiger partial charge < -0.3 is 10.0 Å². The predicted molar refractivity (Wildman–Crippen MR) is 89.1 cm³/mol. The second-order valence-electron chi connectivity index (χ2n) is 6.30. The molecular weight excluding hydrogens is 332 g/mol. The number of benzene rings is 1. The molecule has 4 nitrogen and oxygen atoms in total. The molecule has 1 aliphatic heterocycles. The van der Waals surface area contributed by atoms with Gasteiger partial charge in [-0.15, -0.1) is 0 Å². The SMILES string of the molecule is CC(=O)c1ccc(N2CCN(CC(C)(C)O)CC2)c(Br)c1. The molecule has 1 aliphatic rings. The zero-order valence-electron chi connectivity index (χ0n) is 12.9. The van der Waals surface area contributed by atoms with Gasteiger partial charge in [0.25, 0.3) is 0 Å². The molecule has 1 N–H and O–H groups in total. The van der Waals surface area contributed by atoms with E-state index < -0.39 is 5.60 Å². The van der Waals surface area contributed by atoms with Crippen LogP contribution in [-0.2, 0) is 0 Å². The monoisotopic (exact) mass is 354 g/mol. The summed E-state index contributed by atoms with van der Waals surface area (Å²) in [6, 6.07) is 5.78. The molecule has 0 atom stereocenters. The molecule has 0 amide bonds. The van der Waals surface area contributed by atoms with E-state index in [4.69, 9.17) is 0 Å². The Kier molecular flexibility index (Phi) is 5.07. The second kappa shape index (κ2) is 6.46. The fourth-order valence-electron chi connectivity index (χ4n) is 2.68. The molecular formula is C16H23BrN2O2. The van der Waals surface area contributed by atoms with Crippen LogP contribution < -0.4 is 4.90 Å². The van der Waals surface area contributed by atoms with Crippen molar-refractivity contribution in [2.75, 3.05) is 37.6 Å². The average Bonchev–Trinajstić information content (AvgIpc) is 2.38. The molecule has 1 aromatic carbocycles. The number of carbonyl (C=O) groups is 1. The fraction of sp³-hybridized carbons (Fsp3) is 0.562. The van der Waals surface area contributed by atoms with Gasteiger partial charge in [0.05, 0.1) is 11.3 Å². The number of β-amino-alcohol motifs (C(OH)–C–C–N with tert-alkyl or cyclic N) is 1. The normalized spacial score (nSPS) is 17.1. The van der Waals surface area contributed by atoms with Crippen molar-refractivity contribution in [1.29, 1.82) is 0 Å². The molecule has 0 radical (unpaired) electrons. The van der Waals surface area contributed by atoms with E-state index in [9.17, 15) is 9.90 Å². The Labute approximate surface area is 134 Å². The Morgan fingerprint density at radius 1 is 1.29 bits per heavy atom. The lowest BCUT2D eigenvalue weighted by atomic mass is 10.1. The highest BCUT2D eigenvalue weighted by molar-refractivity contribution is 9.10. The molecule has 5 heteroatoms. The Morgan fingerprint density at radius 3 is 2.38 bits per heavy atom. The molecule has 1 fully saturated rings. The standard InChI is InChI=1S/C16H23BrN2O2/c1-12(20)13-4-5-15(14(17)10-13)19-8-6-18(7-9-19)11-16(2,3)21/h4-5,10,21H,6-9,11H2,1-3H3. The molecule has 0 aromatic heterocycles. The number of Topliss-reactive ketones (excluding diaryl/α,β-unsaturated/α-hetero) is 1. The summed E-state index contributed by atoms with van der Waals surface area (Å²) in [6.07, 6.45) is 0. The van der Waals surface area contributed by atoms with E-state index in [1.165, 1.54) is 0 Å². The lowest BCUT2D eigenvalue weighted by molar-refractivity contribution is 0.0345. The maximum atomic E-state index is 11.4. The van der Waals surface area contributed by atoms with Gasteiger partial charge in [-0.05, 0) is 54.9 Å². The quantitative estimate of drug-likeness (QED) is 0.843. The van der Waals surface area contributed by atoms with Crippen LogP contribution >= 0.6 is 15.9 Å². The van der Waals surface area contributed by atoms with Gasteiger partial charge in [0, 0.05) is 42.8 Å². The summed E-state index contributed by atoms with van der Waals surface area (Å²) >= 11 is 3.57. The van der Waals surface area contributed by atoms with E-state index >= 15 is 0 Å². The third kappa shape index (κ3) is 4.53. The summed E-state index contributed by atoms with van der Waals surface area (Å²) in [6.45, 7) is 9.69. The zero-order chi connectivity index (χ0) is 15.6. The first kappa shape index (κ1) is 16.5. The molecule has 1 heterocycles. The van der Waals surface area contributed by atoms with Gasteiger partial charge in [-0.25, -0.2) is 0 Å². The summed E-state index contributed by atoms with van der Waals surface area (Å²) < 4.78 is 0.964. The maximum Gasteiger partial charge on any atom is 0.159 e. The van der Waals surface area contributed by atoms with Gasteiger partial charge in [-0.3, -0.25) is 9.69 Å². The molecule has 1 aromatic rings. The van der Waals surface area contributed by atoms with E-state index in [0.29, 0.717) is 6.54 Å². The van der Waals surface area contributed by atoms with Crippen LogP contribution in [0.2, 0.25) is 0 Å². The van der Waals surface area contributed by atoms with Gasteiger partial charge in [0.15, 0.2) is 5.78 Å². The van der Waals surface area contributed by atoms with Crippen molar-refractivity contribution >= 4 is 27.4 Å². The number of anilines is 1. The minimum atomic E-state index is -0.647. The Balaban J connectivity index is 2.01. The van der Waals surface area contributed by atoms with Crippen LogP contribution in [0.1, 0.15) is 31.1 Å². The molecule has 21 heavy (non-hydrogen) atoms. The summed E-state index contributed by atoms with van der Waals surface area (Å²) in [5.41, 5.74) is 1.21. The predicted octanol–water partition coefficient (Wildman–Crippen LogP) is 2.54. The Hall–Kier alpha value is -0.910. The van der Waals surface area contributed by atoms with Crippen LogP contribution in [0.3, 0.4) is 0 Å². The lowest BCUT2D eigenvalue weighted by Gasteiger charge is -2.38. The fourth-order valence-corrected chi connectivity index (χ4v) is 3.31. The highest BCUT2D eigenvalue weighted by Gasteiger charge is 2.23. The largest absolute Gasteiger partial charge is 0.389 e. The smallest absolute Gasteiger partial charge is 0.159 e. The van der Waals surface area contributed by atoms with Gasteiger partial charge in [-0.1, -0.05) is 0 Å². The van der Waals surface area contributed by atoms with Crippen LogP contribution in [0.5, 0.6) is 0 Å². The number of carbonyl (C=O) groups excluding carboxylic acids is 1. The van der Waals surface area contributed by atoms with Crippen LogP contribution in [0, 0.1) is 0 Å². The van der Waals surface area contributed by atoms with Crippen LogP contribution in [0.25, 0.3) is 0 Å². The number of ketones is 1.